The molecule has 0 bridgehead atoms. The van der Waals surface area contributed by atoms with Crippen molar-refractivity contribution < 1.29 is 14.6 Å². The predicted octanol–water partition coefficient (Wildman–Crippen LogP) is 7.36. The Hall–Kier alpha value is -3.18. The van der Waals surface area contributed by atoms with Gasteiger partial charge in [0.05, 0.1) is 7.11 Å². The Morgan fingerprint density at radius 1 is 0.900 bits per heavy atom. The molecule has 1 aliphatic carbocycles. The Kier molecular flexibility index (Phi) is 9.88. The fourth-order valence-electron chi connectivity index (χ4n) is 6.40. The van der Waals surface area contributed by atoms with Crippen molar-refractivity contribution in [3.63, 3.8) is 0 Å². The van der Waals surface area contributed by atoms with Crippen LogP contribution in [0.1, 0.15) is 73.6 Å². The van der Waals surface area contributed by atoms with Gasteiger partial charge in [-0.05, 0) is 123 Å². The summed E-state index contributed by atoms with van der Waals surface area (Å²) in [5.41, 5.74) is 6.44. The molecule has 0 amide bonds. The monoisotopic (exact) mass is 542 g/mol. The van der Waals surface area contributed by atoms with Crippen LogP contribution in [0.25, 0.3) is 0 Å². The lowest BCUT2D eigenvalue weighted by atomic mass is 9.88. The summed E-state index contributed by atoms with van der Waals surface area (Å²) in [5.74, 6) is 2.62. The van der Waals surface area contributed by atoms with Crippen molar-refractivity contribution in [3.05, 3.63) is 82.9 Å². The molecule has 5 heteroatoms. The smallest absolute Gasteiger partial charge is 0.120 e. The van der Waals surface area contributed by atoms with Crippen LogP contribution in [0.4, 0.5) is 5.69 Å². The van der Waals surface area contributed by atoms with Gasteiger partial charge in [-0.1, -0.05) is 37.1 Å². The maximum Gasteiger partial charge on any atom is 0.120 e. The van der Waals surface area contributed by atoms with Gasteiger partial charge in [-0.25, -0.2) is 0 Å². The Labute approximate surface area is 240 Å². The molecule has 40 heavy (non-hydrogen) atoms. The molecule has 2 N–H and O–H groups in total. The Bertz CT molecular complexity index is 1220. The number of rotatable bonds is 10. The highest BCUT2D eigenvalue weighted by Gasteiger charge is 2.22. The molecule has 214 valence electrons. The first-order chi connectivity index (χ1) is 19.6. The molecular weight excluding hydrogens is 496 g/mol. The number of benzene rings is 3. The second-order valence-corrected chi connectivity index (χ2v) is 11.7. The predicted molar refractivity (Wildman–Crippen MR) is 164 cm³/mol. The zero-order valence-corrected chi connectivity index (χ0v) is 24.3. The molecule has 1 heterocycles. The van der Waals surface area contributed by atoms with Gasteiger partial charge in [-0.3, -0.25) is 4.90 Å². The first kappa shape index (κ1) is 28.4. The van der Waals surface area contributed by atoms with E-state index in [0.29, 0.717) is 11.7 Å². The molecule has 1 fully saturated rings. The van der Waals surface area contributed by atoms with Crippen molar-refractivity contribution in [1.29, 1.82) is 0 Å². The van der Waals surface area contributed by atoms with Crippen molar-refractivity contribution in [3.8, 4) is 17.2 Å². The Balaban J connectivity index is 1.19. The summed E-state index contributed by atoms with van der Waals surface area (Å²) < 4.78 is 11.7. The number of phenols is 1. The van der Waals surface area contributed by atoms with Crippen molar-refractivity contribution in [1.82, 2.24) is 4.90 Å². The number of likely N-dealkylation sites (tertiary alicyclic amines) is 1. The van der Waals surface area contributed by atoms with Gasteiger partial charge in [0.1, 0.15) is 23.9 Å². The van der Waals surface area contributed by atoms with Gasteiger partial charge in [-0.2, -0.15) is 0 Å². The molecule has 2 unspecified atom stereocenters. The summed E-state index contributed by atoms with van der Waals surface area (Å²) in [6.07, 6.45) is 10.6. The number of methoxy groups -OCH3 is 1. The average molecular weight is 543 g/mol. The molecule has 0 spiro atoms. The van der Waals surface area contributed by atoms with E-state index in [-0.39, 0.29) is 6.04 Å². The number of fused-ring (bicyclic) bond motifs is 1. The molecule has 1 saturated heterocycles. The highest BCUT2D eigenvalue weighted by molar-refractivity contribution is 5.58. The maximum atomic E-state index is 9.96. The number of nitrogens with one attached hydrogen (secondary N) is 1. The van der Waals surface area contributed by atoms with Crippen molar-refractivity contribution >= 4 is 5.69 Å². The fourth-order valence-corrected chi connectivity index (χ4v) is 6.40. The number of anilines is 1. The number of hydrogen-bond acceptors (Lipinski definition) is 5. The van der Waals surface area contributed by atoms with Crippen LogP contribution < -0.4 is 14.8 Å². The van der Waals surface area contributed by atoms with Gasteiger partial charge in [0.15, 0.2) is 0 Å². The van der Waals surface area contributed by atoms with Crippen LogP contribution in [0.5, 0.6) is 17.2 Å². The van der Waals surface area contributed by atoms with Gasteiger partial charge in [0.2, 0.25) is 0 Å². The van der Waals surface area contributed by atoms with E-state index < -0.39 is 0 Å². The van der Waals surface area contributed by atoms with Crippen molar-refractivity contribution in [2.75, 3.05) is 38.7 Å². The van der Waals surface area contributed by atoms with Crippen LogP contribution in [-0.2, 0) is 19.3 Å². The van der Waals surface area contributed by atoms with Crippen LogP contribution in [-0.4, -0.2) is 49.4 Å². The molecule has 0 radical (unpaired) electrons. The summed E-state index contributed by atoms with van der Waals surface area (Å²) in [6, 6.07) is 21.2. The topological polar surface area (TPSA) is 54.0 Å². The van der Waals surface area contributed by atoms with Gasteiger partial charge >= 0.3 is 0 Å². The molecule has 3 aromatic rings. The van der Waals surface area contributed by atoms with E-state index in [1.165, 1.54) is 61.0 Å². The molecule has 0 aromatic heterocycles. The average Bonchev–Trinajstić information content (AvgIpc) is 3.34. The summed E-state index contributed by atoms with van der Waals surface area (Å²) in [7, 11) is 1.73. The minimum Gasteiger partial charge on any atom is -0.508 e. The highest BCUT2D eigenvalue weighted by Crippen LogP contribution is 2.38. The molecule has 2 atom stereocenters. The largest absolute Gasteiger partial charge is 0.508 e. The third kappa shape index (κ3) is 7.72. The second kappa shape index (κ2) is 13.9. The van der Waals surface area contributed by atoms with E-state index in [1.54, 1.807) is 7.11 Å². The minimum atomic E-state index is 0.260. The van der Waals surface area contributed by atoms with Crippen LogP contribution in [0.2, 0.25) is 0 Å². The molecular formula is C35H46N2O3. The number of hydrogen-bond donors (Lipinski definition) is 2. The number of phenolic OH excluding ortho intramolecular Hbond substituents is 1. The molecule has 1 aliphatic heterocycles. The number of ether oxygens (including phenoxy) is 2. The lowest BCUT2D eigenvalue weighted by Gasteiger charge is -2.24. The fraction of sp³-hybridized carbons (Fsp3) is 0.486. The molecule has 5 nitrogen and oxygen atoms in total. The van der Waals surface area contributed by atoms with Crippen molar-refractivity contribution in [2.24, 2.45) is 0 Å². The highest BCUT2D eigenvalue weighted by atomic mass is 16.5. The number of aromatic hydroxyl groups is 1. The normalized spacial score (nSPS) is 18.7. The quantitative estimate of drug-likeness (QED) is 0.262. The number of nitrogens with zero attached hydrogens (tertiary/aromatic N) is 1. The first-order valence-corrected chi connectivity index (χ1v) is 15.3. The molecule has 2 aliphatic rings. The van der Waals surface area contributed by atoms with E-state index in [9.17, 15) is 5.11 Å². The van der Waals surface area contributed by atoms with Crippen LogP contribution in [0.15, 0.2) is 60.7 Å². The summed E-state index contributed by atoms with van der Waals surface area (Å²) in [5, 5.41) is 13.8. The van der Waals surface area contributed by atoms with Gasteiger partial charge in [0, 0.05) is 24.3 Å². The summed E-state index contributed by atoms with van der Waals surface area (Å²) >= 11 is 0. The van der Waals surface area contributed by atoms with Crippen LogP contribution in [0.3, 0.4) is 0 Å². The lowest BCUT2D eigenvalue weighted by molar-refractivity contribution is 0.214. The van der Waals surface area contributed by atoms with E-state index in [1.807, 2.05) is 12.1 Å². The molecule has 3 aromatic carbocycles. The lowest BCUT2D eigenvalue weighted by Crippen LogP contribution is -2.29. The van der Waals surface area contributed by atoms with E-state index >= 15 is 0 Å². The van der Waals surface area contributed by atoms with Crippen LogP contribution in [0, 0.1) is 0 Å². The number of aryl methyl sites for hydroxylation is 1. The van der Waals surface area contributed by atoms with Crippen molar-refractivity contribution in [2.45, 2.75) is 76.7 Å². The second-order valence-electron chi connectivity index (χ2n) is 11.7. The summed E-state index contributed by atoms with van der Waals surface area (Å²) in [6.45, 7) is 6.44. The first-order valence-electron chi connectivity index (χ1n) is 15.3. The van der Waals surface area contributed by atoms with Gasteiger partial charge in [0.25, 0.3) is 0 Å². The zero-order valence-electron chi connectivity index (χ0n) is 24.3. The molecule has 5 rings (SSSR count). The van der Waals surface area contributed by atoms with E-state index in [0.717, 1.165) is 62.4 Å². The third-order valence-electron chi connectivity index (χ3n) is 8.60. The maximum absolute atomic E-state index is 9.96. The van der Waals surface area contributed by atoms with Gasteiger partial charge in [-0.15, -0.1) is 0 Å². The minimum absolute atomic E-state index is 0.260. The zero-order chi connectivity index (χ0) is 27.7. The summed E-state index contributed by atoms with van der Waals surface area (Å²) in [4.78, 5) is 2.54. The standard InChI is InChI=1S/C35H46N2O3/c1-26(22-27-10-14-32(15-11-27)40-21-20-37-18-5-3-4-6-19-37)36-35-25-33(39-2)16-17-34(35)30-9-7-8-28-24-31(38)13-12-29(28)23-30/h10-17,24-26,30,36,38H,3-9,18-23H2,1-2H3. The van der Waals surface area contributed by atoms with E-state index in [4.69, 9.17) is 9.47 Å². The Morgan fingerprint density at radius 3 is 2.45 bits per heavy atom. The van der Waals surface area contributed by atoms with Crippen LogP contribution >= 0.6 is 0 Å². The SMILES string of the molecule is COc1ccc(C2CCCc3cc(O)ccc3C2)c(NC(C)Cc2ccc(OCCN3CCCCCC3)cc2)c1. The third-order valence-corrected chi connectivity index (χ3v) is 8.60. The molecule has 0 saturated carbocycles. The van der Waals surface area contributed by atoms with E-state index in [2.05, 4.69) is 65.7 Å². The Morgan fingerprint density at radius 2 is 1.68 bits per heavy atom. The van der Waals surface area contributed by atoms with Gasteiger partial charge < -0.3 is 19.9 Å².